The van der Waals surface area contributed by atoms with Gasteiger partial charge in [-0.05, 0) is 31.5 Å². The molecule has 0 spiro atoms. The summed E-state index contributed by atoms with van der Waals surface area (Å²) in [6.45, 7) is 11.0. The number of nitrogens with two attached hydrogens (primary N) is 2. The first kappa shape index (κ1) is 24.5. The highest BCUT2D eigenvalue weighted by Crippen LogP contribution is 2.17. The largest absolute Gasteiger partial charge is 0.398 e. The standard InChI is InChI=1S/C8H7FN2.C6H6F2N2.2C2H6/c1-5-2-3-7(11)6(4-10)8(5)9;1-3-2-4(7)6(9)10-5(3)8;2*1-2/h2-3H,11H2,1H3;2H,1H3,(H2,9,10);2*1-2H3. The number of pyridine rings is 1. The Bertz CT molecular complexity index is 660. The minimum atomic E-state index is -0.723. The summed E-state index contributed by atoms with van der Waals surface area (Å²) < 4.78 is 37.8. The summed E-state index contributed by atoms with van der Waals surface area (Å²) in [4.78, 5) is 3.11. The van der Waals surface area contributed by atoms with Crippen molar-refractivity contribution in [1.29, 1.82) is 5.26 Å². The van der Waals surface area contributed by atoms with Gasteiger partial charge in [0.15, 0.2) is 11.6 Å². The van der Waals surface area contributed by atoms with Gasteiger partial charge in [-0.25, -0.2) is 8.78 Å². The molecule has 0 unspecified atom stereocenters. The van der Waals surface area contributed by atoms with E-state index in [0.717, 1.165) is 6.07 Å². The van der Waals surface area contributed by atoms with E-state index in [1.165, 1.54) is 13.0 Å². The molecule has 138 valence electrons. The van der Waals surface area contributed by atoms with Crippen molar-refractivity contribution in [3.05, 3.63) is 52.5 Å². The molecule has 0 aliphatic rings. The van der Waals surface area contributed by atoms with E-state index in [4.69, 9.17) is 16.7 Å². The van der Waals surface area contributed by atoms with Gasteiger partial charge in [0.1, 0.15) is 17.4 Å². The third-order valence-electron chi connectivity index (χ3n) is 2.61. The van der Waals surface area contributed by atoms with Gasteiger partial charge >= 0.3 is 0 Å². The lowest BCUT2D eigenvalue weighted by Crippen LogP contribution is -1.99. The zero-order chi connectivity index (χ0) is 20.2. The molecular weight excluding hydrogens is 329 g/mol. The van der Waals surface area contributed by atoms with Crippen LogP contribution in [-0.2, 0) is 0 Å². The van der Waals surface area contributed by atoms with Crippen LogP contribution in [0.3, 0.4) is 0 Å². The number of aromatic nitrogens is 1. The van der Waals surface area contributed by atoms with Crippen molar-refractivity contribution >= 4 is 11.5 Å². The Morgan fingerprint density at radius 3 is 1.88 bits per heavy atom. The number of nitrogens with zero attached hydrogens (tertiary/aromatic N) is 2. The van der Waals surface area contributed by atoms with E-state index in [2.05, 4.69) is 4.98 Å². The quantitative estimate of drug-likeness (QED) is 0.521. The van der Waals surface area contributed by atoms with Crippen molar-refractivity contribution < 1.29 is 13.2 Å². The molecular formula is C18H25F3N4. The molecule has 1 heterocycles. The summed E-state index contributed by atoms with van der Waals surface area (Å²) in [6.07, 6.45) is 0. The van der Waals surface area contributed by atoms with Gasteiger partial charge in [-0.15, -0.1) is 0 Å². The average Bonchev–Trinajstić information content (AvgIpc) is 2.61. The number of rotatable bonds is 0. The second kappa shape index (κ2) is 12.6. The number of aryl methyl sites for hydroxylation is 2. The average molecular weight is 354 g/mol. The SMILES string of the molecule is CC.CC.Cc1cc(F)c(N)nc1F.Cc1ccc(N)c(C#N)c1F. The van der Waals surface area contributed by atoms with Crippen LogP contribution >= 0.6 is 0 Å². The van der Waals surface area contributed by atoms with E-state index in [9.17, 15) is 13.2 Å². The summed E-state index contributed by atoms with van der Waals surface area (Å²) in [7, 11) is 0. The lowest BCUT2D eigenvalue weighted by Gasteiger charge is -2.00. The Morgan fingerprint density at radius 1 is 0.960 bits per heavy atom. The fourth-order valence-corrected chi connectivity index (χ4v) is 1.38. The van der Waals surface area contributed by atoms with Crippen LogP contribution in [0.2, 0.25) is 0 Å². The Balaban J connectivity index is 0. The van der Waals surface area contributed by atoms with Crippen molar-refractivity contribution in [3.63, 3.8) is 0 Å². The van der Waals surface area contributed by atoms with Gasteiger partial charge in [0.05, 0.1) is 5.69 Å². The number of anilines is 2. The molecule has 4 N–H and O–H groups in total. The Kier molecular flexibility index (Phi) is 12.4. The molecule has 0 aliphatic carbocycles. The van der Waals surface area contributed by atoms with Crippen LogP contribution in [-0.4, -0.2) is 4.98 Å². The van der Waals surface area contributed by atoms with Crippen LogP contribution in [0, 0.1) is 42.8 Å². The predicted molar refractivity (Wildman–Crippen MR) is 96.3 cm³/mol. The highest BCUT2D eigenvalue weighted by atomic mass is 19.1. The summed E-state index contributed by atoms with van der Waals surface area (Å²) >= 11 is 0. The minimum Gasteiger partial charge on any atom is -0.398 e. The zero-order valence-corrected chi connectivity index (χ0v) is 15.4. The fraction of sp³-hybridized carbons (Fsp3) is 0.333. The van der Waals surface area contributed by atoms with Crippen molar-refractivity contribution in [2.45, 2.75) is 41.5 Å². The normalized spacial score (nSPS) is 8.48. The molecule has 1 aromatic carbocycles. The highest BCUT2D eigenvalue weighted by molar-refractivity contribution is 5.55. The lowest BCUT2D eigenvalue weighted by atomic mass is 10.1. The monoisotopic (exact) mass is 354 g/mol. The fourth-order valence-electron chi connectivity index (χ4n) is 1.38. The lowest BCUT2D eigenvalue weighted by molar-refractivity contribution is 0.556. The number of hydrogen-bond acceptors (Lipinski definition) is 4. The maximum absolute atomic E-state index is 13.0. The van der Waals surface area contributed by atoms with Crippen molar-refractivity contribution in [3.8, 4) is 6.07 Å². The number of hydrogen-bond donors (Lipinski definition) is 2. The third kappa shape index (κ3) is 7.57. The van der Waals surface area contributed by atoms with Crippen LogP contribution in [0.1, 0.15) is 44.4 Å². The number of nitriles is 1. The highest BCUT2D eigenvalue weighted by Gasteiger charge is 2.07. The van der Waals surface area contributed by atoms with Gasteiger partial charge in [0.2, 0.25) is 5.95 Å². The molecule has 4 nitrogen and oxygen atoms in total. The minimum absolute atomic E-state index is 0.0648. The number of nitrogen functional groups attached to an aromatic ring is 2. The van der Waals surface area contributed by atoms with Gasteiger partial charge < -0.3 is 11.5 Å². The molecule has 0 aliphatic heterocycles. The van der Waals surface area contributed by atoms with Crippen LogP contribution < -0.4 is 11.5 Å². The van der Waals surface area contributed by atoms with E-state index in [1.807, 2.05) is 27.7 Å². The van der Waals surface area contributed by atoms with E-state index < -0.39 is 23.4 Å². The van der Waals surface area contributed by atoms with E-state index in [1.54, 1.807) is 19.1 Å². The number of benzene rings is 1. The maximum atomic E-state index is 13.0. The first-order valence-corrected chi connectivity index (χ1v) is 7.80. The maximum Gasteiger partial charge on any atom is 0.217 e. The van der Waals surface area contributed by atoms with Crippen molar-refractivity contribution in [1.82, 2.24) is 4.98 Å². The predicted octanol–water partition coefficient (Wildman–Crippen LogP) is 4.89. The summed E-state index contributed by atoms with van der Waals surface area (Å²) in [5.41, 5.74) is 11.0. The van der Waals surface area contributed by atoms with E-state index in [0.29, 0.717) is 5.56 Å². The molecule has 0 saturated heterocycles. The molecule has 0 amide bonds. The van der Waals surface area contributed by atoms with E-state index in [-0.39, 0.29) is 16.8 Å². The Morgan fingerprint density at radius 2 is 1.48 bits per heavy atom. The Hall–Kier alpha value is -2.75. The summed E-state index contributed by atoms with van der Waals surface area (Å²) in [5, 5.41) is 8.45. The summed E-state index contributed by atoms with van der Waals surface area (Å²) in [5.74, 6) is -2.33. The Labute approximate surface area is 147 Å². The second-order valence-electron chi connectivity index (χ2n) is 4.24. The third-order valence-corrected chi connectivity index (χ3v) is 2.61. The molecule has 0 radical (unpaired) electrons. The van der Waals surface area contributed by atoms with Gasteiger partial charge in [-0.1, -0.05) is 33.8 Å². The van der Waals surface area contributed by atoms with Crippen molar-refractivity contribution in [2.24, 2.45) is 0 Å². The van der Waals surface area contributed by atoms with Gasteiger partial charge in [0.25, 0.3) is 0 Å². The molecule has 1 aromatic heterocycles. The zero-order valence-electron chi connectivity index (χ0n) is 15.4. The van der Waals surface area contributed by atoms with Crippen LogP contribution in [0.5, 0.6) is 0 Å². The first-order valence-electron chi connectivity index (χ1n) is 7.80. The summed E-state index contributed by atoms with van der Waals surface area (Å²) in [6, 6.07) is 5.79. The van der Waals surface area contributed by atoms with Crippen LogP contribution in [0.25, 0.3) is 0 Å². The first-order chi connectivity index (χ1) is 11.8. The molecule has 7 heteroatoms. The topological polar surface area (TPSA) is 88.7 Å². The molecule has 0 saturated carbocycles. The van der Waals surface area contributed by atoms with Crippen molar-refractivity contribution in [2.75, 3.05) is 11.5 Å². The second-order valence-corrected chi connectivity index (χ2v) is 4.24. The van der Waals surface area contributed by atoms with E-state index >= 15 is 0 Å². The number of halogens is 3. The van der Waals surface area contributed by atoms with Gasteiger partial charge in [-0.3, -0.25) is 0 Å². The molecule has 0 bridgehead atoms. The van der Waals surface area contributed by atoms with Gasteiger partial charge in [-0.2, -0.15) is 14.6 Å². The van der Waals surface area contributed by atoms with Gasteiger partial charge in [0, 0.05) is 5.56 Å². The van der Waals surface area contributed by atoms with Crippen LogP contribution in [0.15, 0.2) is 18.2 Å². The molecule has 2 aromatic rings. The smallest absolute Gasteiger partial charge is 0.217 e. The molecule has 0 atom stereocenters. The molecule has 2 rings (SSSR count). The van der Waals surface area contributed by atoms with Crippen LogP contribution in [0.4, 0.5) is 24.7 Å². The molecule has 0 fully saturated rings. The molecule has 25 heavy (non-hydrogen) atoms.